The van der Waals surface area contributed by atoms with E-state index >= 15 is 0 Å². The van der Waals surface area contributed by atoms with Crippen molar-refractivity contribution < 1.29 is 9.47 Å². The molecule has 3 nitrogen and oxygen atoms in total. The highest BCUT2D eigenvalue weighted by molar-refractivity contribution is 5.98. The molecule has 0 bridgehead atoms. The van der Waals surface area contributed by atoms with Gasteiger partial charge < -0.3 is 14.5 Å². The molecular formula is C16H15NO2. The van der Waals surface area contributed by atoms with Crippen LogP contribution in [0.5, 0.6) is 11.5 Å². The molecule has 3 heteroatoms. The van der Waals surface area contributed by atoms with Gasteiger partial charge in [-0.05, 0) is 41.5 Å². The molecule has 0 unspecified atom stereocenters. The molecule has 2 aromatic carbocycles. The van der Waals surface area contributed by atoms with Crippen molar-refractivity contribution in [2.24, 2.45) is 0 Å². The maximum Gasteiger partial charge on any atom is 0.142 e. The molecule has 0 aliphatic carbocycles. The Labute approximate surface area is 111 Å². The van der Waals surface area contributed by atoms with Crippen LogP contribution in [0, 0.1) is 0 Å². The predicted octanol–water partition coefficient (Wildman–Crippen LogP) is 3.85. The fourth-order valence-electron chi connectivity index (χ4n) is 2.32. The fourth-order valence-corrected chi connectivity index (χ4v) is 2.32. The number of methoxy groups -OCH3 is 2. The lowest BCUT2D eigenvalue weighted by Crippen LogP contribution is -1.87. The molecule has 96 valence electrons. The lowest BCUT2D eigenvalue weighted by Gasteiger charge is -2.08. The van der Waals surface area contributed by atoms with Crippen molar-refractivity contribution in [1.82, 2.24) is 4.98 Å². The quantitative estimate of drug-likeness (QED) is 0.769. The van der Waals surface area contributed by atoms with Gasteiger partial charge in [0.1, 0.15) is 11.5 Å². The minimum atomic E-state index is 0.859. The first-order chi connectivity index (χ1) is 9.33. The van der Waals surface area contributed by atoms with Crippen molar-refractivity contribution in [1.29, 1.82) is 0 Å². The number of fused-ring (bicyclic) bond motifs is 1. The SMILES string of the molecule is COc1ccc(-c2ccc(OC)c3[nH]ccc23)cc1. The second-order valence-corrected chi connectivity index (χ2v) is 4.31. The Morgan fingerprint density at radius 2 is 1.63 bits per heavy atom. The molecule has 1 heterocycles. The Morgan fingerprint density at radius 3 is 2.32 bits per heavy atom. The van der Waals surface area contributed by atoms with Crippen molar-refractivity contribution in [2.75, 3.05) is 14.2 Å². The second-order valence-electron chi connectivity index (χ2n) is 4.31. The number of ether oxygens (including phenoxy) is 2. The highest BCUT2D eigenvalue weighted by Gasteiger charge is 2.09. The molecule has 1 N–H and O–H groups in total. The lowest BCUT2D eigenvalue weighted by atomic mass is 10.0. The maximum absolute atomic E-state index is 5.36. The fraction of sp³-hybridized carbons (Fsp3) is 0.125. The molecule has 0 amide bonds. The highest BCUT2D eigenvalue weighted by Crippen LogP contribution is 2.34. The average Bonchev–Trinajstić information content (AvgIpc) is 2.96. The number of hydrogen-bond acceptors (Lipinski definition) is 2. The first-order valence-electron chi connectivity index (χ1n) is 6.12. The lowest BCUT2D eigenvalue weighted by molar-refractivity contribution is 0.415. The molecule has 0 saturated carbocycles. The summed E-state index contributed by atoms with van der Waals surface area (Å²) in [5.74, 6) is 1.72. The summed E-state index contributed by atoms with van der Waals surface area (Å²) in [4.78, 5) is 3.22. The number of aromatic amines is 1. The zero-order valence-corrected chi connectivity index (χ0v) is 10.9. The molecule has 0 aliphatic heterocycles. The van der Waals surface area contributed by atoms with Gasteiger partial charge in [-0.15, -0.1) is 0 Å². The van der Waals surface area contributed by atoms with E-state index in [0.29, 0.717) is 0 Å². The Balaban J connectivity index is 2.16. The molecule has 0 aliphatic rings. The standard InChI is InChI=1S/C16H15NO2/c1-18-12-5-3-11(4-6-12)13-7-8-15(19-2)16-14(13)9-10-17-16/h3-10,17H,1-2H3. The van der Waals surface area contributed by atoms with E-state index in [-0.39, 0.29) is 0 Å². The average molecular weight is 253 g/mol. The van der Waals surface area contributed by atoms with Crippen LogP contribution in [-0.2, 0) is 0 Å². The van der Waals surface area contributed by atoms with E-state index in [4.69, 9.17) is 9.47 Å². The molecule has 0 radical (unpaired) electrons. The van der Waals surface area contributed by atoms with E-state index in [9.17, 15) is 0 Å². The minimum absolute atomic E-state index is 0.859. The summed E-state index contributed by atoms with van der Waals surface area (Å²) in [6, 6.07) is 14.2. The maximum atomic E-state index is 5.36. The zero-order valence-electron chi connectivity index (χ0n) is 10.9. The molecule has 1 aromatic heterocycles. The molecule has 0 saturated heterocycles. The smallest absolute Gasteiger partial charge is 0.142 e. The molecule has 0 fully saturated rings. The highest BCUT2D eigenvalue weighted by atomic mass is 16.5. The molecule has 3 aromatic rings. The molecule has 19 heavy (non-hydrogen) atoms. The van der Waals surface area contributed by atoms with E-state index < -0.39 is 0 Å². The third-order valence-electron chi connectivity index (χ3n) is 3.31. The number of rotatable bonds is 3. The van der Waals surface area contributed by atoms with Crippen molar-refractivity contribution in [3.63, 3.8) is 0 Å². The van der Waals surface area contributed by atoms with Gasteiger partial charge in [-0.2, -0.15) is 0 Å². The third-order valence-corrected chi connectivity index (χ3v) is 3.31. The molecule has 0 spiro atoms. The van der Waals surface area contributed by atoms with Crippen LogP contribution < -0.4 is 9.47 Å². The van der Waals surface area contributed by atoms with Gasteiger partial charge in [0.25, 0.3) is 0 Å². The predicted molar refractivity (Wildman–Crippen MR) is 76.8 cm³/mol. The van der Waals surface area contributed by atoms with Gasteiger partial charge in [0, 0.05) is 11.6 Å². The number of aromatic nitrogens is 1. The van der Waals surface area contributed by atoms with Gasteiger partial charge in [0.15, 0.2) is 0 Å². The van der Waals surface area contributed by atoms with Gasteiger partial charge in [-0.3, -0.25) is 0 Å². The summed E-state index contributed by atoms with van der Waals surface area (Å²) >= 11 is 0. The van der Waals surface area contributed by atoms with Gasteiger partial charge >= 0.3 is 0 Å². The summed E-state index contributed by atoms with van der Waals surface area (Å²) in [5, 5.41) is 1.16. The van der Waals surface area contributed by atoms with Crippen LogP contribution in [-0.4, -0.2) is 19.2 Å². The Morgan fingerprint density at radius 1 is 0.842 bits per heavy atom. The van der Waals surface area contributed by atoms with Crippen LogP contribution in [0.25, 0.3) is 22.0 Å². The van der Waals surface area contributed by atoms with Crippen LogP contribution in [0.4, 0.5) is 0 Å². The van der Waals surface area contributed by atoms with Crippen LogP contribution in [0.3, 0.4) is 0 Å². The zero-order chi connectivity index (χ0) is 13.2. The second kappa shape index (κ2) is 4.69. The van der Waals surface area contributed by atoms with E-state index in [1.807, 2.05) is 24.4 Å². The summed E-state index contributed by atoms with van der Waals surface area (Å²) < 4.78 is 10.5. The van der Waals surface area contributed by atoms with Crippen LogP contribution >= 0.6 is 0 Å². The van der Waals surface area contributed by atoms with Crippen molar-refractivity contribution >= 4 is 10.9 Å². The topological polar surface area (TPSA) is 34.2 Å². The van der Waals surface area contributed by atoms with E-state index in [0.717, 1.165) is 28.0 Å². The van der Waals surface area contributed by atoms with E-state index in [2.05, 4.69) is 29.2 Å². The summed E-state index contributed by atoms with van der Waals surface area (Å²) in [6.45, 7) is 0. The Bertz CT molecular complexity index is 698. The summed E-state index contributed by atoms with van der Waals surface area (Å²) in [6.07, 6.45) is 1.93. The summed E-state index contributed by atoms with van der Waals surface area (Å²) in [7, 11) is 3.36. The number of hydrogen-bond donors (Lipinski definition) is 1. The molecule has 3 rings (SSSR count). The van der Waals surface area contributed by atoms with E-state index in [1.165, 1.54) is 5.56 Å². The van der Waals surface area contributed by atoms with Crippen LogP contribution in [0.1, 0.15) is 0 Å². The third kappa shape index (κ3) is 1.93. The van der Waals surface area contributed by atoms with Crippen molar-refractivity contribution in [2.45, 2.75) is 0 Å². The number of nitrogens with one attached hydrogen (secondary N) is 1. The Kier molecular flexibility index (Phi) is 2.88. The van der Waals surface area contributed by atoms with Crippen LogP contribution in [0.2, 0.25) is 0 Å². The molecule has 0 atom stereocenters. The molecular weight excluding hydrogens is 238 g/mol. The van der Waals surface area contributed by atoms with Gasteiger partial charge in [0.2, 0.25) is 0 Å². The van der Waals surface area contributed by atoms with Crippen LogP contribution in [0.15, 0.2) is 48.7 Å². The number of benzene rings is 2. The van der Waals surface area contributed by atoms with E-state index in [1.54, 1.807) is 14.2 Å². The minimum Gasteiger partial charge on any atom is -0.497 e. The first-order valence-corrected chi connectivity index (χ1v) is 6.12. The van der Waals surface area contributed by atoms with Gasteiger partial charge in [-0.25, -0.2) is 0 Å². The van der Waals surface area contributed by atoms with Crippen molar-refractivity contribution in [3.8, 4) is 22.6 Å². The normalized spacial score (nSPS) is 10.6. The van der Waals surface area contributed by atoms with Gasteiger partial charge in [-0.1, -0.05) is 12.1 Å². The summed E-state index contributed by atoms with van der Waals surface area (Å²) in [5.41, 5.74) is 3.36. The first kappa shape index (κ1) is 11.7. The number of H-pyrrole nitrogens is 1. The van der Waals surface area contributed by atoms with Gasteiger partial charge in [0.05, 0.1) is 19.7 Å². The van der Waals surface area contributed by atoms with Crippen molar-refractivity contribution in [3.05, 3.63) is 48.7 Å². The monoisotopic (exact) mass is 253 g/mol. The Hall–Kier alpha value is -2.42. The largest absolute Gasteiger partial charge is 0.497 e.